The number of hydrogen-bond donors (Lipinski definition) is 7. The van der Waals surface area contributed by atoms with Crippen molar-refractivity contribution in [2.75, 3.05) is 65.6 Å². The Morgan fingerprint density at radius 1 is 0.483 bits per heavy atom. The van der Waals surface area contributed by atoms with Crippen LogP contribution < -0.4 is 37.6 Å². The minimum Gasteiger partial charge on any atom is -0.464 e. The molecule has 0 saturated carbocycles. The van der Waals surface area contributed by atoms with E-state index in [4.69, 9.17) is 15.2 Å². The van der Waals surface area contributed by atoms with Crippen molar-refractivity contribution in [1.29, 1.82) is 0 Å². The lowest BCUT2D eigenvalue weighted by Crippen LogP contribution is -2.56. The summed E-state index contributed by atoms with van der Waals surface area (Å²) in [6.07, 6.45) is 45.9. The van der Waals surface area contributed by atoms with E-state index in [0.717, 1.165) is 64.2 Å². The Hall–Kier alpha value is -5.34. The largest absolute Gasteiger partial charge is 0.464 e. The number of rotatable bonds is 60. The number of amides is 9. The van der Waals surface area contributed by atoms with Gasteiger partial charge in [-0.25, -0.2) is 0 Å². The molecule has 0 unspecified atom stereocenters. The zero-order valence-corrected chi connectivity index (χ0v) is 56.2. The molecule has 1 rings (SSSR count). The van der Waals surface area contributed by atoms with Gasteiger partial charge in [0.2, 0.25) is 53.2 Å². The summed E-state index contributed by atoms with van der Waals surface area (Å²) in [6, 6.07) is -3.47. The minimum atomic E-state index is -1.31. The van der Waals surface area contributed by atoms with Gasteiger partial charge in [-0.2, -0.15) is 0 Å². The van der Waals surface area contributed by atoms with Crippen molar-refractivity contribution in [3.05, 3.63) is 0 Å². The summed E-state index contributed by atoms with van der Waals surface area (Å²) in [7, 11) is 0. The maximum absolute atomic E-state index is 13.5. The van der Waals surface area contributed by atoms with Gasteiger partial charge in [0.25, 0.3) is 0 Å². The molecule has 1 aliphatic rings. The van der Waals surface area contributed by atoms with Crippen molar-refractivity contribution in [2.24, 2.45) is 5.73 Å². The van der Waals surface area contributed by atoms with Gasteiger partial charge in [0.05, 0.1) is 26.2 Å². The molecule has 8 N–H and O–H groups in total. The van der Waals surface area contributed by atoms with Crippen LogP contribution in [-0.4, -0.2) is 153 Å². The average molecular weight is 1260 g/mol. The quantitative estimate of drug-likeness (QED) is 0.0221. The smallest absolute Gasteiger partial charge is 0.325 e. The van der Waals surface area contributed by atoms with E-state index in [0.29, 0.717) is 25.9 Å². The molecule has 3 atom stereocenters. The molecule has 0 radical (unpaired) electrons. The first-order valence-corrected chi connectivity index (χ1v) is 35.4. The van der Waals surface area contributed by atoms with Gasteiger partial charge < -0.3 is 56.9 Å². The Bertz CT molecular complexity index is 1910. The summed E-state index contributed by atoms with van der Waals surface area (Å²) in [5.41, 5.74) is 5.34. The van der Waals surface area contributed by atoms with E-state index >= 15 is 0 Å². The van der Waals surface area contributed by atoms with Crippen LogP contribution in [0.15, 0.2) is 0 Å². The molecule has 89 heavy (non-hydrogen) atoms. The zero-order chi connectivity index (χ0) is 65.4. The number of unbranched alkanes of at least 4 members (excludes halogenated alkanes) is 34. The van der Waals surface area contributed by atoms with Crippen LogP contribution in [0.4, 0.5) is 0 Å². The fourth-order valence-corrected chi connectivity index (χ4v) is 11.0. The van der Waals surface area contributed by atoms with E-state index in [1.165, 1.54) is 179 Å². The van der Waals surface area contributed by atoms with E-state index in [2.05, 4.69) is 52.7 Å². The predicted molar refractivity (Wildman–Crippen MR) is 351 cm³/mol. The van der Waals surface area contributed by atoms with Crippen molar-refractivity contribution in [2.45, 2.75) is 309 Å². The van der Waals surface area contributed by atoms with E-state index in [1.54, 1.807) is 0 Å². The standard InChI is InChI=1S/C68H125N9O12/c1-5-8-11-14-16-18-20-22-24-26-28-30-32-34-36-39-46-76(47-40-37-35-33-31-29-27-25-23-21-19-17-15-12-9-6-2)64(83)55-88-54-62(81)71-51-60(79)70-50-61(80)72-52-63(82)77-48-42-43-58(77)68(87)75-57(44-45-59(69)78)67(86)74-56(4)66(85)73-53-65(84)89-49-41-38-13-10-7-3/h56-58H,5-55H2,1-4H3,(H2,69,78)(H,70,79)(H,71,81)(H,72,80)(H,73,85)(H,74,86)(H,75,87)/t56-,57-,58-/m0/s1. The van der Waals surface area contributed by atoms with Gasteiger partial charge in [-0.1, -0.05) is 239 Å². The summed E-state index contributed by atoms with van der Waals surface area (Å²) in [5, 5.41) is 14.7. The molecule has 1 saturated heterocycles. The molecule has 9 amide bonds. The molecule has 0 spiro atoms. The van der Waals surface area contributed by atoms with E-state index in [1.807, 2.05) is 4.90 Å². The summed E-state index contributed by atoms with van der Waals surface area (Å²) in [4.78, 5) is 131. The second-order valence-corrected chi connectivity index (χ2v) is 24.7. The molecule has 1 fully saturated rings. The Labute approximate surface area is 536 Å². The van der Waals surface area contributed by atoms with Crippen LogP contribution >= 0.6 is 0 Å². The third kappa shape index (κ3) is 46.4. The van der Waals surface area contributed by atoms with Crippen LogP contribution in [0.25, 0.3) is 0 Å². The monoisotopic (exact) mass is 1260 g/mol. The van der Waals surface area contributed by atoms with Gasteiger partial charge in [0, 0.05) is 26.1 Å². The van der Waals surface area contributed by atoms with Crippen molar-refractivity contribution in [1.82, 2.24) is 41.7 Å². The Morgan fingerprint density at radius 3 is 1.35 bits per heavy atom. The number of nitrogens with one attached hydrogen (secondary N) is 6. The highest BCUT2D eigenvalue weighted by atomic mass is 16.5. The highest BCUT2D eigenvalue weighted by Crippen LogP contribution is 2.19. The van der Waals surface area contributed by atoms with Gasteiger partial charge in [-0.05, 0) is 45.4 Å². The molecule has 1 aliphatic heterocycles. The summed E-state index contributed by atoms with van der Waals surface area (Å²) in [5.74, 6) is -6.29. The van der Waals surface area contributed by atoms with Crippen molar-refractivity contribution in [3.8, 4) is 0 Å². The molecule has 514 valence electrons. The van der Waals surface area contributed by atoms with E-state index in [-0.39, 0.29) is 44.9 Å². The third-order valence-electron chi connectivity index (χ3n) is 16.6. The number of likely N-dealkylation sites (tertiary alicyclic amines) is 1. The van der Waals surface area contributed by atoms with E-state index in [9.17, 15) is 47.9 Å². The van der Waals surface area contributed by atoms with Crippen LogP contribution in [0.3, 0.4) is 0 Å². The second-order valence-electron chi connectivity index (χ2n) is 24.7. The number of primary amides is 1. The molecule has 0 aromatic heterocycles. The normalized spacial score (nSPS) is 13.5. The molecule has 1 heterocycles. The first-order chi connectivity index (χ1) is 43.1. The minimum absolute atomic E-state index is 0.160. The van der Waals surface area contributed by atoms with Crippen molar-refractivity contribution < 1.29 is 57.4 Å². The van der Waals surface area contributed by atoms with Gasteiger partial charge in [0.15, 0.2) is 0 Å². The average Bonchev–Trinajstić information content (AvgIpc) is 2.83. The topological polar surface area (TPSA) is 294 Å². The van der Waals surface area contributed by atoms with Crippen molar-refractivity contribution in [3.63, 3.8) is 0 Å². The van der Waals surface area contributed by atoms with Gasteiger partial charge in [0.1, 0.15) is 37.9 Å². The van der Waals surface area contributed by atoms with Crippen LogP contribution in [0.1, 0.15) is 291 Å². The predicted octanol–water partition coefficient (Wildman–Crippen LogP) is 9.58. The van der Waals surface area contributed by atoms with Gasteiger partial charge in [-0.3, -0.25) is 47.9 Å². The molecule has 0 aliphatic carbocycles. The van der Waals surface area contributed by atoms with Gasteiger partial charge >= 0.3 is 5.97 Å². The lowest BCUT2D eigenvalue weighted by molar-refractivity contribution is -0.144. The summed E-state index contributed by atoms with van der Waals surface area (Å²) >= 11 is 0. The molecule has 0 aromatic rings. The third-order valence-corrected chi connectivity index (χ3v) is 16.6. The molecule has 0 aromatic carbocycles. The fraction of sp³-hybridized carbons (Fsp3) is 0.853. The lowest BCUT2D eigenvalue weighted by atomic mass is 10.0. The highest BCUT2D eigenvalue weighted by Gasteiger charge is 2.36. The fourth-order valence-electron chi connectivity index (χ4n) is 11.0. The van der Waals surface area contributed by atoms with Crippen LogP contribution in [0.5, 0.6) is 0 Å². The summed E-state index contributed by atoms with van der Waals surface area (Å²) in [6.45, 7) is 7.15. The number of hydrogen-bond acceptors (Lipinski definition) is 12. The lowest BCUT2D eigenvalue weighted by Gasteiger charge is -2.27. The molecular formula is C68H125N9O12. The molecular weight excluding hydrogens is 1130 g/mol. The SMILES string of the molecule is CCCCCCCCCCCCCCCCCCN(CCCCCCCCCCCCCCCCCC)C(=O)COCC(=O)NCC(=O)NCC(=O)NCC(=O)N1CCC[C@H]1C(=O)N[C@@H](CCC(N)=O)C(=O)N[C@@H](C)C(=O)NCC(=O)OCCCCCCC. The first-order valence-electron chi connectivity index (χ1n) is 35.4. The number of nitrogens with zero attached hydrogens (tertiary/aromatic N) is 2. The zero-order valence-electron chi connectivity index (χ0n) is 56.2. The van der Waals surface area contributed by atoms with Crippen LogP contribution in [-0.2, 0) is 57.4 Å². The van der Waals surface area contributed by atoms with E-state index < -0.39 is 104 Å². The Kier molecular flexibility index (Phi) is 52.0. The highest BCUT2D eigenvalue weighted by molar-refractivity contribution is 5.96. The number of carbonyl (C=O) groups excluding carboxylic acids is 10. The molecule has 21 heteroatoms. The Morgan fingerprint density at radius 2 is 0.899 bits per heavy atom. The second kappa shape index (κ2) is 56.6. The number of ether oxygens (including phenoxy) is 2. The van der Waals surface area contributed by atoms with Gasteiger partial charge in [-0.15, -0.1) is 0 Å². The maximum Gasteiger partial charge on any atom is 0.325 e. The molecule has 0 bridgehead atoms. The Balaban J connectivity index is 2.53. The van der Waals surface area contributed by atoms with Crippen LogP contribution in [0, 0.1) is 0 Å². The number of nitrogens with two attached hydrogens (primary N) is 1. The van der Waals surface area contributed by atoms with Crippen molar-refractivity contribution >= 4 is 59.1 Å². The number of carbonyl (C=O) groups is 10. The molecule has 21 nitrogen and oxygen atoms in total. The maximum atomic E-state index is 13.5. The number of esters is 1. The van der Waals surface area contributed by atoms with Crippen LogP contribution in [0.2, 0.25) is 0 Å². The summed E-state index contributed by atoms with van der Waals surface area (Å²) < 4.78 is 10.7. The first kappa shape index (κ1) is 81.7.